The van der Waals surface area contributed by atoms with E-state index in [4.69, 9.17) is 4.74 Å². The molecule has 0 aromatic heterocycles. The SMILES string of the molecule is CC1CCC(OC(=O)c2ccc([N+](=O)[O-])c(F)c2)CC1. The van der Waals surface area contributed by atoms with Crippen LogP contribution in [0.2, 0.25) is 0 Å². The number of nitrogens with zero attached hydrogens (tertiary/aromatic N) is 1. The quantitative estimate of drug-likeness (QED) is 0.483. The summed E-state index contributed by atoms with van der Waals surface area (Å²) in [5.74, 6) is -1.01. The standard InChI is InChI=1S/C14H16FNO4/c1-9-2-5-11(6-3-9)20-14(17)10-4-7-13(16(18)19)12(15)8-10/h4,7-9,11H,2-3,5-6H2,1H3. The lowest BCUT2D eigenvalue weighted by Crippen LogP contribution is -2.23. The molecule has 0 radical (unpaired) electrons. The Kier molecular flexibility index (Phi) is 4.32. The van der Waals surface area contributed by atoms with Crippen LogP contribution in [0.3, 0.4) is 0 Å². The molecule has 0 spiro atoms. The zero-order chi connectivity index (χ0) is 14.7. The van der Waals surface area contributed by atoms with Crippen LogP contribution in [0.1, 0.15) is 43.0 Å². The highest BCUT2D eigenvalue weighted by atomic mass is 19.1. The van der Waals surface area contributed by atoms with Crippen molar-refractivity contribution in [1.82, 2.24) is 0 Å². The molecule has 0 atom stereocenters. The van der Waals surface area contributed by atoms with E-state index in [-0.39, 0.29) is 11.7 Å². The van der Waals surface area contributed by atoms with Gasteiger partial charge in [0, 0.05) is 6.07 Å². The summed E-state index contributed by atoms with van der Waals surface area (Å²) >= 11 is 0. The second-order valence-electron chi connectivity index (χ2n) is 5.21. The summed E-state index contributed by atoms with van der Waals surface area (Å²) in [4.78, 5) is 21.5. The number of hydrogen-bond donors (Lipinski definition) is 0. The molecule has 0 aliphatic heterocycles. The zero-order valence-corrected chi connectivity index (χ0v) is 11.2. The number of esters is 1. The van der Waals surface area contributed by atoms with E-state index in [1.807, 2.05) is 0 Å². The molecule has 108 valence electrons. The third-order valence-electron chi connectivity index (χ3n) is 3.62. The van der Waals surface area contributed by atoms with Crippen LogP contribution < -0.4 is 0 Å². The van der Waals surface area contributed by atoms with Crippen LogP contribution in [0.4, 0.5) is 10.1 Å². The van der Waals surface area contributed by atoms with Gasteiger partial charge in [0.25, 0.3) is 0 Å². The Hall–Kier alpha value is -1.98. The molecule has 0 amide bonds. The Morgan fingerprint density at radius 3 is 2.55 bits per heavy atom. The number of halogens is 1. The van der Waals surface area contributed by atoms with Crippen LogP contribution in [0.5, 0.6) is 0 Å². The van der Waals surface area contributed by atoms with Gasteiger partial charge in [-0.2, -0.15) is 4.39 Å². The molecule has 1 aromatic rings. The van der Waals surface area contributed by atoms with Crippen LogP contribution in [0.15, 0.2) is 18.2 Å². The molecule has 1 aliphatic carbocycles. The van der Waals surface area contributed by atoms with Crippen molar-refractivity contribution in [3.05, 3.63) is 39.7 Å². The third kappa shape index (κ3) is 3.31. The lowest BCUT2D eigenvalue weighted by Gasteiger charge is -2.25. The second kappa shape index (κ2) is 5.98. The van der Waals surface area contributed by atoms with E-state index < -0.39 is 22.4 Å². The molecule has 2 rings (SSSR count). The van der Waals surface area contributed by atoms with Crippen molar-refractivity contribution in [3.63, 3.8) is 0 Å². The summed E-state index contributed by atoms with van der Waals surface area (Å²) < 4.78 is 18.7. The zero-order valence-electron chi connectivity index (χ0n) is 11.2. The molecule has 6 heteroatoms. The first-order valence-corrected chi connectivity index (χ1v) is 6.62. The number of benzene rings is 1. The summed E-state index contributed by atoms with van der Waals surface area (Å²) in [7, 11) is 0. The molecule has 1 aromatic carbocycles. The second-order valence-corrected chi connectivity index (χ2v) is 5.21. The predicted octanol–water partition coefficient (Wildman–Crippen LogP) is 3.47. The van der Waals surface area contributed by atoms with Gasteiger partial charge in [-0.1, -0.05) is 6.92 Å². The van der Waals surface area contributed by atoms with Crippen molar-refractivity contribution in [1.29, 1.82) is 0 Å². The predicted molar refractivity (Wildman–Crippen MR) is 69.9 cm³/mol. The van der Waals surface area contributed by atoms with Crippen LogP contribution >= 0.6 is 0 Å². The van der Waals surface area contributed by atoms with E-state index in [9.17, 15) is 19.3 Å². The minimum absolute atomic E-state index is 0.00622. The van der Waals surface area contributed by atoms with Gasteiger partial charge in [0.1, 0.15) is 6.10 Å². The van der Waals surface area contributed by atoms with E-state index in [2.05, 4.69) is 6.92 Å². The van der Waals surface area contributed by atoms with Gasteiger partial charge in [0.05, 0.1) is 10.5 Å². The monoisotopic (exact) mass is 281 g/mol. The number of rotatable bonds is 3. The Labute approximate surface area is 115 Å². The number of nitro benzene ring substituents is 1. The molecule has 20 heavy (non-hydrogen) atoms. The molecular weight excluding hydrogens is 265 g/mol. The van der Waals surface area contributed by atoms with Crippen LogP contribution in [-0.2, 0) is 4.74 Å². The molecule has 1 fully saturated rings. The van der Waals surface area contributed by atoms with E-state index in [0.29, 0.717) is 5.92 Å². The molecule has 5 nitrogen and oxygen atoms in total. The first-order chi connectivity index (χ1) is 9.47. The Morgan fingerprint density at radius 1 is 1.35 bits per heavy atom. The largest absolute Gasteiger partial charge is 0.459 e. The minimum Gasteiger partial charge on any atom is -0.459 e. The number of carbonyl (C=O) groups excluding carboxylic acids is 1. The first kappa shape index (κ1) is 14.4. The van der Waals surface area contributed by atoms with Crippen molar-refractivity contribution >= 4 is 11.7 Å². The topological polar surface area (TPSA) is 69.4 Å². The molecular formula is C14H16FNO4. The number of hydrogen-bond acceptors (Lipinski definition) is 4. The van der Waals surface area contributed by atoms with E-state index in [1.54, 1.807) is 0 Å². The van der Waals surface area contributed by atoms with Gasteiger partial charge >= 0.3 is 11.7 Å². The fourth-order valence-corrected chi connectivity index (χ4v) is 2.35. The smallest absolute Gasteiger partial charge is 0.338 e. The number of ether oxygens (including phenoxy) is 1. The van der Waals surface area contributed by atoms with Crippen LogP contribution in [-0.4, -0.2) is 17.0 Å². The summed E-state index contributed by atoms with van der Waals surface area (Å²) in [6.45, 7) is 2.16. The lowest BCUT2D eigenvalue weighted by molar-refractivity contribution is -0.387. The summed E-state index contributed by atoms with van der Waals surface area (Å²) in [6.07, 6.45) is 3.49. The maximum absolute atomic E-state index is 13.4. The highest BCUT2D eigenvalue weighted by molar-refractivity contribution is 5.89. The lowest BCUT2D eigenvalue weighted by atomic mass is 9.89. The molecule has 0 unspecified atom stereocenters. The van der Waals surface area contributed by atoms with Gasteiger partial charge < -0.3 is 4.74 Å². The maximum atomic E-state index is 13.4. The van der Waals surface area contributed by atoms with Crippen molar-refractivity contribution in [3.8, 4) is 0 Å². The molecule has 1 saturated carbocycles. The maximum Gasteiger partial charge on any atom is 0.338 e. The Bertz CT molecular complexity index is 524. The molecule has 0 bridgehead atoms. The van der Waals surface area contributed by atoms with Crippen molar-refractivity contribution in [2.45, 2.75) is 38.7 Å². The summed E-state index contributed by atoms with van der Waals surface area (Å²) in [6, 6.07) is 3.05. The van der Waals surface area contributed by atoms with Gasteiger partial charge in [-0.3, -0.25) is 10.1 Å². The summed E-state index contributed by atoms with van der Waals surface area (Å²) in [5.41, 5.74) is -0.639. The minimum atomic E-state index is -1.03. The van der Waals surface area contributed by atoms with Gasteiger partial charge in [0.2, 0.25) is 5.82 Å². The molecule has 0 saturated heterocycles. The normalized spacial score (nSPS) is 22.3. The fraction of sp³-hybridized carbons (Fsp3) is 0.500. The molecule has 1 aliphatic rings. The summed E-state index contributed by atoms with van der Waals surface area (Å²) in [5, 5.41) is 10.5. The van der Waals surface area contributed by atoms with E-state index in [0.717, 1.165) is 37.8 Å². The highest BCUT2D eigenvalue weighted by Crippen LogP contribution is 2.26. The third-order valence-corrected chi connectivity index (χ3v) is 3.62. The molecule has 0 N–H and O–H groups in total. The van der Waals surface area contributed by atoms with E-state index in [1.165, 1.54) is 6.07 Å². The average Bonchev–Trinajstić information content (AvgIpc) is 2.40. The van der Waals surface area contributed by atoms with Gasteiger partial charge in [0.15, 0.2) is 0 Å². The van der Waals surface area contributed by atoms with Gasteiger partial charge in [-0.15, -0.1) is 0 Å². The average molecular weight is 281 g/mol. The Morgan fingerprint density at radius 2 is 2.00 bits per heavy atom. The van der Waals surface area contributed by atoms with Crippen molar-refractivity contribution in [2.24, 2.45) is 5.92 Å². The van der Waals surface area contributed by atoms with Crippen molar-refractivity contribution in [2.75, 3.05) is 0 Å². The highest BCUT2D eigenvalue weighted by Gasteiger charge is 2.23. The number of carbonyl (C=O) groups is 1. The van der Waals surface area contributed by atoms with Crippen LogP contribution in [0, 0.1) is 21.8 Å². The number of nitro groups is 1. The van der Waals surface area contributed by atoms with Crippen LogP contribution in [0.25, 0.3) is 0 Å². The van der Waals surface area contributed by atoms with E-state index >= 15 is 0 Å². The molecule has 0 heterocycles. The van der Waals surface area contributed by atoms with Crippen molar-refractivity contribution < 1.29 is 18.8 Å². The fourth-order valence-electron chi connectivity index (χ4n) is 2.35. The Balaban J connectivity index is 2.02. The van der Waals surface area contributed by atoms with Gasteiger partial charge in [-0.05, 0) is 43.7 Å². The first-order valence-electron chi connectivity index (χ1n) is 6.62. The van der Waals surface area contributed by atoms with Gasteiger partial charge in [-0.25, -0.2) is 4.79 Å².